The van der Waals surface area contributed by atoms with E-state index in [9.17, 15) is 4.79 Å². The lowest BCUT2D eigenvalue weighted by Gasteiger charge is -2.06. The van der Waals surface area contributed by atoms with Crippen LogP contribution in [0.3, 0.4) is 0 Å². The molecule has 26 heavy (non-hydrogen) atoms. The highest BCUT2D eigenvalue weighted by molar-refractivity contribution is 7.14. The minimum atomic E-state index is -0.124. The van der Waals surface area contributed by atoms with Gasteiger partial charge in [0.15, 0.2) is 5.13 Å². The zero-order chi connectivity index (χ0) is 18.7. The van der Waals surface area contributed by atoms with E-state index >= 15 is 0 Å². The zero-order valence-electron chi connectivity index (χ0n) is 15.7. The van der Waals surface area contributed by atoms with Crippen molar-refractivity contribution in [1.82, 2.24) is 4.98 Å². The number of amides is 1. The summed E-state index contributed by atoms with van der Waals surface area (Å²) in [5.41, 5.74) is 6.24. The Morgan fingerprint density at radius 3 is 2.46 bits per heavy atom. The molecular formula is C22H24N2OS. The van der Waals surface area contributed by atoms with E-state index in [1.807, 2.05) is 37.4 Å². The van der Waals surface area contributed by atoms with Crippen molar-refractivity contribution in [2.75, 3.05) is 5.32 Å². The summed E-state index contributed by atoms with van der Waals surface area (Å²) in [6.07, 6.45) is 1.08. The van der Waals surface area contributed by atoms with E-state index in [4.69, 9.17) is 0 Å². The topological polar surface area (TPSA) is 42.0 Å². The fraction of sp³-hybridized carbons (Fsp3) is 0.273. The molecule has 1 aromatic heterocycles. The Kier molecular flexibility index (Phi) is 5.52. The molecule has 3 rings (SSSR count). The maximum Gasteiger partial charge on any atom is 0.257 e. The molecule has 0 atom stereocenters. The quantitative estimate of drug-likeness (QED) is 0.614. The largest absolute Gasteiger partial charge is 0.298 e. The first-order chi connectivity index (χ1) is 12.4. The van der Waals surface area contributed by atoms with Gasteiger partial charge in [-0.15, -0.1) is 11.3 Å². The number of carbonyl (C=O) groups is 1. The summed E-state index contributed by atoms with van der Waals surface area (Å²) in [4.78, 5) is 17.0. The number of aromatic nitrogens is 1. The maximum absolute atomic E-state index is 12.4. The van der Waals surface area contributed by atoms with Crippen molar-refractivity contribution in [3.63, 3.8) is 0 Å². The lowest BCUT2D eigenvalue weighted by Crippen LogP contribution is -2.12. The van der Waals surface area contributed by atoms with Gasteiger partial charge in [0.1, 0.15) is 0 Å². The average molecular weight is 365 g/mol. The summed E-state index contributed by atoms with van der Waals surface area (Å²) in [5, 5.41) is 5.50. The van der Waals surface area contributed by atoms with E-state index in [1.165, 1.54) is 22.5 Å². The molecule has 4 heteroatoms. The molecular weight excluding hydrogens is 340 g/mol. The molecule has 0 saturated heterocycles. The second-order valence-corrected chi connectivity index (χ2v) is 7.94. The third-order valence-electron chi connectivity index (χ3n) is 4.39. The number of nitrogens with one attached hydrogen (secondary N) is 1. The normalized spacial score (nSPS) is 11.0. The van der Waals surface area contributed by atoms with Gasteiger partial charge in [0.05, 0.1) is 5.69 Å². The third kappa shape index (κ3) is 4.38. The van der Waals surface area contributed by atoms with Crippen LogP contribution in [0, 0.1) is 19.8 Å². The Hall–Kier alpha value is -2.46. The Morgan fingerprint density at radius 2 is 1.81 bits per heavy atom. The second kappa shape index (κ2) is 7.83. The molecule has 0 unspecified atom stereocenters. The van der Waals surface area contributed by atoms with Crippen molar-refractivity contribution < 1.29 is 4.79 Å². The van der Waals surface area contributed by atoms with Crippen LogP contribution in [0.1, 0.15) is 40.9 Å². The number of nitrogens with zero attached hydrogens (tertiary/aromatic N) is 1. The fourth-order valence-corrected chi connectivity index (χ4v) is 3.51. The minimum Gasteiger partial charge on any atom is -0.298 e. The molecule has 1 amide bonds. The van der Waals surface area contributed by atoms with Crippen molar-refractivity contribution in [2.24, 2.45) is 5.92 Å². The molecule has 1 heterocycles. The number of thiazole rings is 1. The van der Waals surface area contributed by atoms with Crippen molar-refractivity contribution in [2.45, 2.75) is 34.1 Å². The van der Waals surface area contributed by atoms with Gasteiger partial charge in [-0.3, -0.25) is 10.1 Å². The summed E-state index contributed by atoms with van der Waals surface area (Å²) in [7, 11) is 0. The Bertz CT molecular complexity index is 910. The molecule has 1 N–H and O–H groups in total. The van der Waals surface area contributed by atoms with Crippen LogP contribution in [0.2, 0.25) is 0 Å². The minimum absolute atomic E-state index is 0.124. The number of anilines is 1. The summed E-state index contributed by atoms with van der Waals surface area (Å²) in [5.74, 6) is 0.522. The van der Waals surface area contributed by atoms with E-state index < -0.39 is 0 Å². The molecule has 134 valence electrons. The van der Waals surface area contributed by atoms with Crippen LogP contribution < -0.4 is 5.32 Å². The maximum atomic E-state index is 12.4. The van der Waals surface area contributed by atoms with Gasteiger partial charge in [-0.05, 0) is 55.0 Å². The van der Waals surface area contributed by atoms with Gasteiger partial charge in [-0.2, -0.15) is 0 Å². The van der Waals surface area contributed by atoms with E-state index in [-0.39, 0.29) is 5.91 Å². The fourth-order valence-electron chi connectivity index (χ4n) is 2.80. The molecule has 0 bridgehead atoms. The van der Waals surface area contributed by atoms with Gasteiger partial charge < -0.3 is 0 Å². The highest BCUT2D eigenvalue weighted by Crippen LogP contribution is 2.26. The van der Waals surface area contributed by atoms with Crippen LogP contribution in [-0.4, -0.2) is 10.9 Å². The number of hydrogen-bond donors (Lipinski definition) is 1. The number of rotatable bonds is 5. The Morgan fingerprint density at radius 1 is 1.08 bits per heavy atom. The highest BCUT2D eigenvalue weighted by atomic mass is 32.1. The number of benzene rings is 2. The monoisotopic (exact) mass is 364 g/mol. The number of aryl methyl sites for hydroxylation is 2. The summed E-state index contributed by atoms with van der Waals surface area (Å²) in [6, 6.07) is 14.2. The van der Waals surface area contributed by atoms with Gasteiger partial charge in [0.25, 0.3) is 5.91 Å². The van der Waals surface area contributed by atoms with Gasteiger partial charge in [-0.25, -0.2) is 4.98 Å². The summed E-state index contributed by atoms with van der Waals surface area (Å²) in [6.45, 7) is 8.49. The molecule has 3 aromatic rings. The van der Waals surface area contributed by atoms with Gasteiger partial charge in [0, 0.05) is 16.5 Å². The predicted molar refractivity (Wildman–Crippen MR) is 110 cm³/mol. The zero-order valence-corrected chi connectivity index (χ0v) is 16.5. The first-order valence-electron chi connectivity index (χ1n) is 8.86. The van der Waals surface area contributed by atoms with Crippen LogP contribution in [-0.2, 0) is 6.42 Å². The third-order valence-corrected chi connectivity index (χ3v) is 5.15. The molecule has 2 aromatic carbocycles. The van der Waals surface area contributed by atoms with Crippen LogP contribution >= 0.6 is 11.3 Å². The average Bonchev–Trinajstić information content (AvgIpc) is 3.06. The second-order valence-electron chi connectivity index (χ2n) is 7.09. The first kappa shape index (κ1) is 18.3. The van der Waals surface area contributed by atoms with E-state index in [1.54, 1.807) is 0 Å². The molecule has 0 radical (unpaired) electrons. The van der Waals surface area contributed by atoms with Crippen LogP contribution in [0.5, 0.6) is 0 Å². The van der Waals surface area contributed by atoms with Crippen LogP contribution in [0.4, 0.5) is 5.13 Å². The van der Waals surface area contributed by atoms with Gasteiger partial charge in [0.2, 0.25) is 0 Å². The van der Waals surface area contributed by atoms with Crippen molar-refractivity contribution >= 4 is 22.4 Å². The number of carbonyl (C=O) groups excluding carboxylic acids is 1. The molecule has 3 nitrogen and oxygen atoms in total. The molecule has 0 spiro atoms. The van der Waals surface area contributed by atoms with E-state index in [0.29, 0.717) is 16.6 Å². The van der Waals surface area contributed by atoms with E-state index in [2.05, 4.69) is 48.4 Å². The summed E-state index contributed by atoms with van der Waals surface area (Å²) >= 11 is 1.45. The molecule has 0 fully saturated rings. The van der Waals surface area contributed by atoms with Crippen molar-refractivity contribution in [3.8, 4) is 11.3 Å². The lowest BCUT2D eigenvalue weighted by molar-refractivity contribution is 0.102. The highest BCUT2D eigenvalue weighted by Gasteiger charge is 2.11. The summed E-state index contributed by atoms with van der Waals surface area (Å²) < 4.78 is 0. The Labute approximate surface area is 159 Å². The Balaban J connectivity index is 1.71. The lowest BCUT2D eigenvalue weighted by atomic mass is 10.0. The van der Waals surface area contributed by atoms with Gasteiger partial charge in [-0.1, -0.05) is 44.2 Å². The first-order valence-corrected chi connectivity index (χ1v) is 9.74. The molecule has 0 aliphatic carbocycles. The number of hydrogen-bond acceptors (Lipinski definition) is 3. The van der Waals surface area contributed by atoms with Crippen molar-refractivity contribution in [1.29, 1.82) is 0 Å². The molecule has 0 aliphatic rings. The smallest absolute Gasteiger partial charge is 0.257 e. The van der Waals surface area contributed by atoms with E-state index in [0.717, 1.165) is 23.2 Å². The van der Waals surface area contributed by atoms with Gasteiger partial charge >= 0.3 is 0 Å². The SMILES string of the molecule is Cc1ccc(C(=O)Nc2nc(-c3ccc(CC(C)C)cc3)cs2)cc1C. The molecule has 0 saturated carbocycles. The van der Waals surface area contributed by atoms with Crippen LogP contribution in [0.15, 0.2) is 47.8 Å². The van der Waals surface area contributed by atoms with Crippen molar-refractivity contribution in [3.05, 3.63) is 70.1 Å². The predicted octanol–water partition coefficient (Wildman–Crippen LogP) is 5.88. The standard InChI is InChI=1S/C22H24N2OS/c1-14(2)11-17-6-9-18(10-7-17)20-13-26-22(23-20)24-21(25)19-8-5-15(3)16(4)12-19/h5-10,12-14H,11H2,1-4H3,(H,23,24,25). The molecule has 0 aliphatic heterocycles. The van der Waals surface area contributed by atoms with Crippen LogP contribution in [0.25, 0.3) is 11.3 Å².